The van der Waals surface area contributed by atoms with E-state index in [0.717, 1.165) is 25.7 Å². The zero-order chi connectivity index (χ0) is 36.6. The average Bonchev–Trinajstić information content (AvgIpc) is 3.08. The number of nitrogens with zero attached hydrogens (tertiary/aromatic N) is 4. The summed E-state index contributed by atoms with van der Waals surface area (Å²) >= 11 is 0. The molecule has 1 aliphatic rings. The second-order valence-electron chi connectivity index (χ2n) is 11.0. The van der Waals surface area contributed by atoms with Gasteiger partial charge in [-0.25, -0.2) is 4.79 Å². The molecule has 11 nitrogen and oxygen atoms in total. The van der Waals surface area contributed by atoms with Gasteiger partial charge in [0.05, 0.1) is 30.0 Å². The Bertz CT molecular complexity index is 1840. The third kappa shape index (κ3) is 9.88. The molecule has 1 aliphatic heterocycles. The van der Waals surface area contributed by atoms with Crippen molar-refractivity contribution in [2.24, 2.45) is 0 Å². The van der Waals surface area contributed by atoms with Crippen molar-refractivity contribution in [1.29, 1.82) is 0 Å². The fourth-order valence-corrected chi connectivity index (χ4v) is 5.07. The summed E-state index contributed by atoms with van der Waals surface area (Å²) < 4.78 is 79.2. The van der Waals surface area contributed by atoms with E-state index >= 15 is 0 Å². The zero-order valence-corrected chi connectivity index (χ0v) is 26.7. The first-order valence-corrected chi connectivity index (χ1v) is 15.1. The van der Waals surface area contributed by atoms with Gasteiger partial charge < -0.3 is 25.4 Å². The number of benzene rings is 3. The van der Waals surface area contributed by atoms with Crippen LogP contribution in [0.3, 0.4) is 0 Å². The van der Waals surface area contributed by atoms with Crippen LogP contribution in [-0.2, 0) is 17.5 Å². The Morgan fingerprint density at radius 1 is 0.860 bits per heavy atom. The van der Waals surface area contributed by atoms with Crippen LogP contribution in [-0.4, -0.2) is 88.9 Å². The van der Waals surface area contributed by atoms with E-state index in [2.05, 4.69) is 32.7 Å². The van der Waals surface area contributed by atoms with Crippen molar-refractivity contribution in [3.8, 4) is 5.75 Å². The number of anilines is 2. The summed E-state index contributed by atoms with van der Waals surface area (Å²) in [4.78, 5) is 39.5. The number of likely N-dealkylation sites (N-methyl/N-ethyl adjacent to an activating group) is 1. The van der Waals surface area contributed by atoms with Gasteiger partial charge in [-0.05, 0) is 42.4 Å². The van der Waals surface area contributed by atoms with E-state index in [1.165, 1.54) is 43.6 Å². The fraction of sp³-hybridized carbons (Fsp3) is 0.303. The van der Waals surface area contributed by atoms with Gasteiger partial charge in [0, 0.05) is 61.1 Å². The monoisotopic (exact) mass is 706 g/mol. The Labute approximate surface area is 281 Å². The zero-order valence-electron chi connectivity index (χ0n) is 26.7. The van der Waals surface area contributed by atoms with Crippen LogP contribution in [0.25, 0.3) is 10.9 Å². The largest absolute Gasteiger partial charge is 0.497 e. The molecule has 50 heavy (non-hydrogen) atoms. The van der Waals surface area contributed by atoms with Gasteiger partial charge in [-0.3, -0.25) is 14.5 Å². The van der Waals surface area contributed by atoms with Gasteiger partial charge >= 0.3 is 18.3 Å². The van der Waals surface area contributed by atoms with Crippen molar-refractivity contribution in [2.45, 2.75) is 25.8 Å². The molecule has 0 radical (unpaired) electrons. The van der Waals surface area contributed by atoms with E-state index in [1.807, 2.05) is 4.90 Å². The Morgan fingerprint density at radius 3 is 2.12 bits per heavy atom. The van der Waals surface area contributed by atoms with Crippen molar-refractivity contribution in [1.82, 2.24) is 20.0 Å². The maximum Gasteiger partial charge on any atom is 0.490 e. The third-order valence-corrected chi connectivity index (χ3v) is 7.68. The minimum atomic E-state index is -5.08. The lowest BCUT2D eigenvalue weighted by Gasteiger charge is -2.34. The summed E-state index contributed by atoms with van der Waals surface area (Å²) in [5, 5.41) is 20.9. The number of hydrogen-bond donors (Lipinski definition) is 3. The first-order valence-electron chi connectivity index (χ1n) is 15.1. The van der Waals surface area contributed by atoms with Crippen LogP contribution in [0.1, 0.15) is 38.8 Å². The summed E-state index contributed by atoms with van der Waals surface area (Å²) in [5.41, 5.74) is 0.527. The first kappa shape index (κ1) is 37.5. The molecule has 0 spiro atoms. The van der Waals surface area contributed by atoms with Crippen LogP contribution < -0.4 is 15.4 Å². The Hall–Kier alpha value is -5.29. The molecule has 1 saturated heterocycles. The van der Waals surface area contributed by atoms with Gasteiger partial charge in [-0.1, -0.05) is 31.2 Å². The predicted molar refractivity (Wildman–Crippen MR) is 171 cm³/mol. The summed E-state index contributed by atoms with van der Waals surface area (Å²) in [5.74, 6) is -3.63. The molecule has 1 aromatic heterocycles. The highest BCUT2D eigenvalue weighted by Crippen LogP contribution is 2.35. The molecular formula is C33H32F6N6O5. The molecule has 0 unspecified atom stereocenters. The number of alkyl halides is 6. The van der Waals surface area contributed by atoms with E-state index < -0.39 is 35.7 Å². The maximum atomic E-state index is 14.1. The minimum Gasteiger partial charge on any atom is -0.497 e. The van der Waals surface area contributed by atoms with Crippen LogP contribution in [0.15, 0.2) is 66.9 Å². The second-order valence-corrected chi connectivity index (χ2v) is 11.0. The van der Waals surface area contributed by atoms with Crippen molar-refractivity contribution >= 4 is 40.1 Å². The average molecular weight is 707 g/mol. The topological polar surface area (TPSA) is 137 Å². The molecule has 17 heteroatoms. The van der Waals surface area contributed by atoms with Crippen LogP contribution >= 0.6 is 0 Å². The number of piperazine rings is 1. The van der Waals surface area contributed by atoms with Crippen molar-refractivity contribution in [3.05, 3.63) is 89.1 Å². The lowest BCUT2D eigenvalue weighted by molar-refractivity contribution is -0.192. The van der Waals surface area contributed by atoms with Gasteiger partial charge in [0.2, 0.25) is 0 Å². The number of nitrogens with one attached hydrogen (secondary N) is 2. The third-order valence-electron chi connectivity index (χ3n) is 7.68. The van der Waals surface area contributed by atoms with Crippen molar-refractivity contribution in [3.63, 3.8) is 0 Å². The van der Waals surface area contributed by atoms with Gasteiger partial charge in [-0.2, -0.15) is 36.5 Å². The normalized spacial score (nSPS) is 14.0. The molecule has 2 amide bonds. The highest BCUT2D eigenvalue weighted by molar-refractivity contribution is 6.12. The van der Waals surface area contributed by atoms with Crippen LogP contribution in [0.4, 0.5) is 37.7 Å². The highest BCUT2D eigenvalue weighted by atomic mass is 19.4. The van der Waals surface area contributed by atoms with Crippen LogP contribution in [0.5, 0.6) is 5.75 Å². The number of methoxy groups -OCH3 is 1. The molecule has 266 valence electrons. The van der Waals surface area contributed by atoms with E-state index in [0.29, 0.717) is 24.0 Å². The lowest BCUT2D eigenvalue weighted by Crippen LogP contribution is -2.45. The van der Waals surface area contributed by atoms with Crippen molar-refractivity contribution < 1.29 is 50.6 Å². The van der Waals surface area contributed by atoms with Crippen molar-refractivity contribution in [2.75, 3.05) is 50.5 Å². The molecule has 0 atom stereocenters. The summed E-state index contributed by atoms with van der Waals surface area (Å²) in [6.45, 7) is 6.14. The molecule has 1 fully saturated rings. The van der Waals surface area contributed by atoms with E-state index in [1.54, 1.807) is 24.3 Å². The van der Waals surface area contributed by atoms with Crippen LogP contribution in [0.2, 0.25) is 0 Å². The number of amides is 2. The van der Waals surface area contributed by atoms with E-state index in [4.69, 9.17) is 14.6 Å². The number of hydrogen-bond acceptors (Lipinski definition) is 8. The standard InChI is InChI=1S/C31H31F3N6O3.C2HF3O2/c1-3-39-10-12-40(13-11-39)19-20-8-9-22(17-27(20)31(32,33)34)36-29(41)21-14-23(16-24(15-21)43-2)37-30(42)26-18-35-38-28-7-5-4-6-25(26)28;3-2(4,5)1(6)7/h4-9,14-18H,3,10-13,19H2,1-2H3,(H,36,41)(H,37,42);(H,6,7). The molecule has 0 bridgehead atoms. The number of carboxylic acid groups (broad SMARTS) is 1. The quantitative estimate of drug-likeness (QED) is 0.191. The summed E-state index contributed by atoms with van der Waals surface area (Å²) in [7, 11) is 1.40. The smallest absolute Gasteiger partial charge is 0.490 e. The number of carbonyl (C=O) groups is 3. The Morgan fingerprint density at radius 2 is 1.50 bits per heavy atom. The lowest BCUT2D eigenvalue weighted by atomic mass is 10.0. The molecule has 5 rings (SSSR count). The number of rotatable bonds is 8. The number of carbonyl (C=O) groups excluding carboxylic acids is 2. The van der Waals surface area contributed by atoms with E-state index in [9.17, 15) is 35.9 Å². The highest BCUT2D eigenvalue weighted by Gasteiger charge is 2.38. The van der Waals surface area contributed by atoms with Gasteiger partial charge in [0.15, 0.2) is 0 Å². The SMILES string of the molecule is CCN1CCN(Cc2ccc(NC(=O)c3cc(NC(=O)c4cnnc5ccccc45)cc(OC)c3)cc2C(F)(F)F)CC1.O=C(O)C(F)(F)F. The van der Waals surface area contributed by atoms with Gasteiger partial charge in [0.25, 0.3) is 11.8 Å². The summed E-state index contributed by atoms with van der Waals surface area (Å²) in [6.07, 6.45) is -8.33. The first-order chi connectivity index (χ1) is 23.6. The number of halogens is 6. The number of aliphatic carboxylic acids is 1. The number of ether oxygens (including phenoxy) is 1. The molecule has 3 aromatic carbocycles. The fourth-order valence-electron chi connectivity index (χ4n) is 5.07. The number of fused-ring (bicyclic) bond motifs is 1. The molecule has 0 saturated carbocycles. The Balaban J connectivity index is 0.000000727. The summed E-state index contributed by atoms with van der Waals surface area (Å²) in [6, 6.07) is 15.3. The molecular weight excluding hydrogens is 674 g/mol. The van der Waals surface area contributed by atoms with Crippen LogP contribution in [0, 0.1) is 0 Å². The van der Waals surface area contributed by atoms with Gasteiger partial charge in [-0.15, -0.1) is 0 Å². The molecule has 3 N–H and O–H groups in total. The number of carboxylic acids is 1. The predicted octanol–water partition coefficient (Wildman–Crippen LogP) is 5.93. The van der Waals surface area contributed by atoms with Gasteiger partial charge in [0.1, 0.15) is 5.75 Å². The number of aromatic nitrogens is 2. The second kappa shape index (κ2) is 15.9. The van der Waals surface area contributed by atoms with E-state index in [-0.39, 0.29) is 40.4 Å². The molecule has 0 aliphatic carbocycles. The molecule has 4 aromatic rings. The Kier molecular flexibility index (Phi) is 12.0. The minimum absolute atomic E-state index is 0.000359. The maximum absolute atomic E-state index is 14.1. The molecule has 2 heterocycles.